The van der Waals surface area contributed by atoms with Crippen LogP contribution in [-0.2, 0) is 4.79 Å². The first-order valence-corrected chi connectivity index (χ1v) is 5.38. The van der Waals surface area contributed by atoms with Gasteiger partial charge < -0.3 is 0 Å². The molecular formula is C11H19ClO. The second-order valence-corrected chi connectivity index (χ2v) is 3.85. The number of carbonyl (C=O) groups excluding carboxylic acids is 1. The van der Waals surface area contributed by atoms with E-state index >= 15 is 0 Å². The van der Waals surface area contributed by atoms with E-state index in [-0.39, 0.29) is 5.78 Å². The first kappa shape index (κ1) is 12.7. The van der Waals surface area contributed by atoms with Gasteiger partial charge in [0.05, 0.1) is 0 Å². The molecule has 0 aliphatic rings. The molecule has 0 saturated carbocycles. The van der Waals surface area contributed by atoms with Crippen LogP contribution in [-0.4, -0.2) is 5.78 Å². The van der Waals surface area contributed by atoms with Gasteiger partial charge in [-0.2, -0.15) is 0 Å². The van der Waals surface area contributed by atoms with Crippen molar-refractivity contribution in [3.05, 3.63) is 11.1 Å². The van der Waals surface area contributed by atoms with Crippen molar-refractivity contribution >= 4 is 17.4 Å². The average molecular weight is 203 g/mol. The molecule has 0 aromatic carbocycles. The minimum Gasteiger partial charge on any atom is -0.300 e. The average Bonchev–Trinajstić information content (AvgIpc) is 2.09. The fourth-order valence-electron chi connectivity index (χ4n) is 1.08. The van der Waals surface area contributed by atoms with E-state index in [1.807, 2.05) is 6.08 Å². The van der Waals surface area contributed by atoms with E-state index < -0.39 is 0 Å². The normalized spacial score (nSPS) is 11.8. The van der Waals surface area contributed by atoms with Gasteiger partial charge in [-0.3, -0.25) is 4.79 Å². The summed E-state index contributed by atoms with van der Waals surface area (Å²) >= 11 is 5.91. The third-order valence-corrected chi connectivity index (χ3v) is 2.22. The topological polar surface area (TPSA) is 17.1 Å². The first-order valence-electron chi connectivity index (χ1n) is 5.00. The highest BCUT2D eigenvalue weighted by Gasteiger charge is 1.94. The fraction of sp³-hybridized carbons (Fsp3) is 0.727. The largest absolute Gasteiger partial charge is 0.300 e. The van der Waals surface area contributed by atoms with Gasteiger partial charge in [-0.15, -0.1) is 0 Å². The van der Waals surface area contributed by atoms with Crippen LogP contribution in [0.5, 0.6) is 0 Å². The van der Waals surface area contributed by atoms with Gasteiger partial charge in [-0.1, -0.05) is 43.9 Å². The van der Waals surface area contributed by atoms with E-state index in [0.29, 0.717) is 6.42 Å². The SMILES string of the molecule is CCCCCC/C(Cl)=C/CC(C)=O. The summed E-state index contributed by atoms with van der Waals surface area (Å²) in [6.07, 6.45) is 8.13. The Bertz CT molecular complexity index is 173. The van der Waals surface area contributed by atoms with Crippen molar-refractivity contribution in [3.8, 4) is 0 Å². The van der Waals surface area contributed by atoms with Gasteiger partial charge in [-0.05, 0) is 19.8 Å². The van der Waals surface area contributed by atoms with Crippen LogP contribution in [0.2, 0.25) is 0 Å². The molecule has 76 valence electrons. The summed E-state index contributed by atoms with van der Waals surface area (Å²) in [5.41, 5.74) is 0. The molecule has 0 aromatic rings. The van der Waals surface area contributed by atoms with E-state index in [1.165, 1.54) is 19.3 Å². The smallest absolute Gasteiger partial charge is 0.133 e. The van der Waals surface area contributed by atoms with Crippen LogP contribution in [0.3, 0.4) is 0 Å². The number of hydrogen-bond acceptors (Lipinski definition) is 1. The minimum absolute atomic E-state index is 0.173. The lowest BCUT2D eigenvalue weighted by atomic mass is 10.1. The second-order valence-electron chi connectivity index (χ2n) is 3.37. The van der Waals surface area contributed by atoms with Crippen molar-refractivity contribution in [1.29, 1.82) is 0 Å². The Morgan fingerprint density at radius 3 is 2.54 bits per heavy atom. The zero-order valence-corrected chi connectivity index (χ0v) is 9.36. The molecule has 0 aliphatic carbocycles. The standard InChI is InChI=1S/C11H19ClO/c1-3-4-5-6-7-11(12)9-8-10(2)13/h9H,3-8H2,1-2H3/b11-9-. The van der Waals surface area contributed by atoms with Gasteiger partial charge in [0.25, 0.3) is 0 Å². The lowest BCUT2D eigenvalue weighted by molar-refractivity contribution is -0.116. The van der Waals surface area contributed by atoms with Gasteiger partial charge in [0.15, 0.2) is 0 Å². The summed E-state index contributed by atoms with van der Waals surface area (Å²) < 4.78 is 0. The van der Waals surface area contributed by atoms with Crippen LogP contribution in [0, 0.1) is 0 Å². The molecule has 0 rings (SSSR count). The van der Waals surface area contributed by atoms with E-state index in [2.05, 4.69) is 6.92 Å². The molecule has 0 saturated heterocycles. The van der Waals surface area contributed by atoms with E-state index in [9.17, 15) is 4.79 Å². The summed E-state index contributed by atoms with van der Waals surface area (Å²) in [6.45, 7) is 3.77. The van der Waals surface area contributed by atoms with E-state index in [1.54, 1.807) is 6.92 Å². The first-order chi connectivity index (χ1) is 6.16. The monoisotopic (exact) mass is 202 g/mol. The predicted octanol–water partition coefficient (Wildman–Crippen LogP) is 4.06. The summed E-state index contributed by atoms with van der Waals surface area (Å²) in [5.74, 6) is 0.173. The number of carbonyl (C=O) groups is 1. The molecule has 0 heterocycles. The number of Topliss-reactive ketones (excluding diaryl/α,β-unsaturated/α-hetero) is 1. The van der Waals surface area contributed by atoms with Crippen LogP contribution in [0.4, 0.5) is 0 Å². The maximum absolute atomic E-state index is 10.6. The maximum Gasteiger partial charge on any atom is 0.133 e. The van der Waals surface area contributed by atoms with Crippen LogP contribution < -0.4 is 0 Å². The van der Waals surface area contributed by atoms with Gasteiger partial charge in [0.2, 0.25) is 0 Å². The third kappa shape index (κ3) is 9.62. The summed E-state index contributed by atoms with van der Waals surface area (Å²) in [5, 5.41) is 0.839. The zero-order chi connectivity index (χ0) is 10.1. The van der Waals surface area contributed by atoms with E-state index in [4.69, 9.17) is 11.6 Å². The lowest BCUT2D eigenvalue weighted by Crippen LogP contribution is -1.86. The Morgan fingerprint density at radius 1 is 1.31 bits per heavy atom. The molecule has 0 bridgehead atoms. The number of hydrogen-bond donors (Lipinski definition) is 0. The Morgan fingerprint density at radius 2 is 2.00 bits per heavy atom. The van der Waals surface area contributed by atoms with Gasteiger partial charge >= 0.3 is 0 Å². The van der Waals surface area contributed by atoms with Gasteiger partial charge in [-0.25, -0.2) is 0 Å². The highest BCUT2D eigenvalue weighted by Crippen LogP contribution is 2.14. The molecule has 2 heteroatoms. The van der Waals surface area contributed by atoms with Crippen molar-refractivity contribution in [2.45, 2.75) is 52.4 Å². The molecular weight excluding hydrogens is 184 g/mol. The summed E-state index contributed by atoms with van der Waals surface area (Å²) in [7, 11) is 0. The molecule has 0 fully saturated rings. The summed E-state index contributed by atoms with van der Waals surface area (Å²) in [6, 6.07) is 0. The van der Waals surface area contributed by atoms with Crippen molar-refractivity contribution in [1.82, 2.24) is 0 Å². The molecule has 0 N–H and O–H groups in total. The molecule has 0 atom stereocenters. The second kappa shape index (κ2) is 8.31. The molecule has 1 nitrogen and oxygen atoms in total. The quantitative estimate of drug-likeness (QED) is 0.569. The number of rotatable bonds is 7. The Labute approximate surface area is 86.2 Å². The van der Waals surface area contributed by atoms with Crippen molar-refractivity contribution in [3.63, 3.8) is 0 Å². The van der Waals surface area contributed by atoms with Crippen LogP contribution in [0.1, 0.15) is 52.4 Å². The predicted molar refractivity (Wildman–Crippen MR) is 58.0 cm³/mol. The molecule has 0 radical (unpaired) electrons. The highest BCUT2D eigenvalue weighted by molar-refractivity contribution is 6.29. The third-order valence-electron chi connectivity index (χ3n) is 1.88. The van der Waals surface area contributed by atoms with Crippen molar-refractivity contribution in [2.75, 3.05) is 0 Å². The Hall–Kier alpha value is -0.300. The molecule has 0 unspecified atom stereocenters. The van der Waals surface area contributed by atoms with Crippen LogP contribution >= 0.6 is 11.6 Å². The van der Waals surface area contributed by atoms with E-state index in [0.717, 1.165) is 17.9 Å². The molecule has 0 aliphatic heterocycles. The van der Waals surface area contributed by atoms with Crippen molar-refractivity contribution in [2.24, 2.45) is 0 Å². The van der Waals surface area contributed by atoms with Crippen molar-refractivity contribution < 1.29 is 4.79 Å². The zero-order valence-electron chi connectivity index (χ0n) is 8.61. The number of unbranched alkanes of at least 4 members (excludes halogenated alkanes) is 3. The maximum atomic E-state index is 10.6. The van der Waals surface area contributed by atoms with Crippen LogP contribution in [0.15, 0.2) is 11.1 Å². The summed E-state index contributed by atoms with van der Waals surface area (Å²) in [4.78, 5) is 10.6. The number of allylic oxidation sites excluding steroid dienone is 2. The van der Waals surface area contributed by atoms with Crippen LogP contribution in [0.25, 0.3) is 0 Å². The highest BCUT2D eigenvalue weighted by atomic mass is 35.5. The Kier molecular flexibility index (Phi) is 8.11. The van der Waals surface area contributed by atoms with Gasteiger partial charge in [0, 0.05) is 11.5 Å². The Balaban J connectivity index is 3.43. The number of ketones is 1. The molecule has 0 aromatic heterocycles. The number of halogens is 1. The molecule has 13 heavy (non-hydrogen) atoms. The van der Waals surface area contributed by atoms with Gasteiger partial charge in [0.1, 0.15) is 5.78 Å². The molecule has 0 spiro atoms. The molecule has 0 amide bonds. The lowest BCUT2D eigenvalue weighted by Gasteiger charge is -1.98. The fourth-order valence-corrected chi connectivity index (χ4v) is 1.29. The minimum atomic E-state index is 0.173.